The van der Waals surface area contributed by atoms with Gasteiger partial charge in [0, 0.05) is 45.4 Å². The second-order valence-corrected chi connectivity index (χ2v) is 5.58. The number of halogens is 1. The van der Waals surface area contributed by atoms with E-state index < -0.39 is 0 Å². The summed E-state index contributed by atoms with van der Waals surface area (Å²) >= 11 is 0. The summed E-state index contributed by atoms with van der Waals surface area (Å²) in [7, 11) is 7.09. The van der Waals surface area contributed by atoms with Crippen LogP contribution in [-0.2, 0) is 0 Å². The van der Waals surface area contributed by atoms with Gasteiger partial charge in [0.2, 0.25) is 0 Å². The van der Waals surface area contributed by atoms with Crippen LogP contribution in [0.4, 0.5) is 0 Å². The Morgan fingerprint density at radius 1 is 1.15 bits per heavy atom. The van der Waals surface area contributed by atoms with Crippen LogP contribution in [0.3, 0.4) is 0 Å². The third-order valence-corrected chi connectivity index (χ3v) is 3.67. The molecule has 7 heteroatoms. The molecule has 0 atom stereocenters. The smallest absolute Gasteiger partial charge is 0.193 e. The first-order valence-corrected chi connectivity index (χ1v) is 8.53. The van der Waals surface area contributed by atoms with Gasteiger partial charge in [-0.05, 0) is 19.3 Å². The van der Waals surface area contributed by atoms with Gasteiger partial charge in [-0.1, -0.05) is 6.08 Å². The molecule has 0 amide bonds. The van der Waals surface area contributed by atoms with Crippen LogP contribution in [0.5, 0.6) is 17.2 Å². The van der Waals surface area contributed by atoms with E-state index in [1.807, 2.05) is 31.3 Å². The van der Waals surface area contributed by atoms with Crippen molar-refractivity contribution >= 4 is 29.9 Å². The number of hydrogen-bond donors (Lipinski definition) is 1. The summed E-state index contributed by atoms with van der Waals surface area (Å²) < 4.78 is 16.3. The Balaban J connectivity index is 0.00000625. The Labute approximate surface area is 174 Å². The standard InChI is InChI=1S/C19H31N3O3.HI/c1-6-7-8-11-22(3)19(20-2)21-10-9-12-25-18-14-16(23-4)13-17(15-18)24-5;/h6,13-15H,1,7-12H2,2-5H3,(H,20,21);1H. The summed E-state index contributed by atoms with van der Waals surface area (Å²) in [5, 5.41) is 3.35. The van der Waals surface area contributed by atoms with Crippen molar-refractivity contribution in [2.75, 3.05) is 48.0 Å². The van der Waals surface area contributed by atoms with Crippen LogP contribution in [0.2, 0.25) is 0 Å². The van der Waals surface area contributed by atoms with Crippen molar-refractivity contribution in [3.63, 3.8) is 0 Å². The maximum absolute atomic E-state index is 5.78. The van der Waals surface area contributed by atoms with Crippen molar-refractivity contribution in [3.05, 3.63) is 30.9 Å². The zero-order chi connectivity index (χ0) is 18.5. The lowest BCUT2D eigenvalue weighted by molar-refractivity contribution is 0.304. The number of benzene rings is 1. The highest BCUT2D eigenvalue weighted by Gasteiger charge is 2.05. The molecule has 0 heterocycles. The van der Waals surface area contributed by atoms with E-state index in [9.17, 15) is 0 Å². The number of rotatable bonds is 11. The maximum atomic E-state index is 5.78. The van der Waals surface area contributed by atoms with E-state index in [4.69, 9.17) is 14.2 Å². The summed E-state index contributed by atoms with van der Waals surface area (Å²) in [4.78, 5) is 6.42. The molecule has 1 aromatic rings. The highest BCUT2D eigenvalue weighted by molar-refractivity contribution is 14.0. The van der Waals surface area contributed by atoms with Gasteiger partial charge in [-0.2, -0.15) is 0 Å². The molecule has 0 radical (unpaired) electrons. The van der Waals surface area contributed by atoms with E-state index in [-0.39, 0.29) is 24.0 Å². The minimum absolute atomic E-state index is 0. The van der Waals surface area contributed by atoms with Gasteiger partial charge in [0.25, 0.3) is 0 Å². The molecular weight excluding hydrogens is 445 g/mol. The van der Waals surface area contributed by atoms with Crippen molar-refractivity contribution in [2.45, 2.75) is 19.3 Å². The molecule has 0 bridgehead atoms. The maximum Gasteiger partial charge on any atom is 0.193 e. The minimum atomic E-state index is 0. The molecule has 1 N–H and O–H groups in total. The molecule has 26 heavy (non-hydrogen) atoms. The first-order valence-electron chi connectivity index (χ1n) is 8.53. The molecule has 1 rings (SSSR count). The van der Waals surface area contributed by atoms with Gasteiger partial charge in [-0.3, -0.25) is 4.99 Å². The Morgan fingerprint density at radius 2 is 1.77 bits per heavy atom. The van der Waals surface area contributed by atoms with Crippen LogP contribution in [-0.4, -0.2) is 58.9 Å². The minimum Gasteiger partial charge on any atom is -0.496 e. The Kier molecular flexibility index (Phi) is 13.6. The van der Waals surface area contributed by atoms with E-state index in [1.165, 1.54) is 0 Å². The molecule has 0 unspecified atom stereocenters. The monoisotopic (exact) mass is 477 g/mol. The number of ether oxygens (including phenoxy) is 3. The number of methoxy groups -OCH3 is 2. The first kappa shape index (κ1) is 24.4. The highest BCUT2D eigenvalue weighted by Crippen LogP contribution is 2.27. The number of nitrogens with one attached hydrogen (secondary N) is 1. The average molecular weight is 477 g/mol. The van der Waals surface area contributed by atoms with Crippen LogP contribution < -0.4 is 19.5 Å². The van der Waals surface area contributed by atoms with Crippen molar-refractivity contribution in [3.8, 4) is 17.2 Å². The molecule has 0 saturated carbocycles. The van der Waals surface area contributed by atoms with E-state index >= 15 is 0 Å². The fourth-order valence-electron chi connectivity index (χ4n) is 2.29. The lowest BCUT2D eigenvalue weighted by atomic mass is 10.3. The highest BCUT2D eigenvalue weighted by atomic mass is 127. The zero-order valence-electron chi connectivity index (χ0n) is 16.3. The van der Waals surface area contributed by atoms with Crippen LogP contribution in [0.25, 0.3) is 0 Å². The largest absolute Gasteiger partial charge is 0.496 e. The Morgan fingerprint density at radius 3 is 2.31 bits per heavy atom. The SMILES string of the molecule is C=CCCCN(C)C(=NC)NCCCOc1cc(OC)cc(OC)c1.I. The molecule has 6 nitrogen and oxygen atoms in total. The fraction of sp³-hybridized carbons (Fsp3) is 0.526. The molecular formula is C19H32IN3O3. The van der Waals surface area contributed by atoms with E-state index in [2.05, 4.69) is 21.8 Å². The first-order chi connectivity index (χ1) is 12.1. The topological polar surface area (TPSA) is 55.3 Å². The number of allylic oxidation sites excluding steroid dienone is 1. The van der Waals surface area contributed by atoms with Crippen LogP contribution in [0, 0.1) is 0 Å². The van der Waals surface area contributed by atoms with E-state index in [1.54, 1.807) is 21.3 Å². The quantitative estimate of drug-likeness (QED) is 0.174. The van der Waals surface area contributed by atoms with Gasteiger partial charge in [-0.25, -0.2) is 0 Å². The van der Waals surface area contributed by atoms with E-state index in [0.29, 0.717) is 18.1 Å². The van der Waals surface area contributed by atoms with Gasteiger partial charge >= 0.3 is 0 Å². The summed E-state index contributed by atoms with van der Waals surface area (Å²) in [6.07, 6.45) is 4.88. The zero-order valence-corrected chi connectivity index (χ0v) is 18.6. The molecule has 0 saturated heterocycles. The predicted octanol–water partition coefficient (Wildman–Crippen LogP) is 3.56. The van der Waals surface area contributed by atoms with Gasteiger partial charge in [0.05, 0.1) is 20.8 Å². The number of nitrogens with zero attached hydrogens (tertiary/aromatic N) is 2. The summed E-state index contributed by atoms with van der Waals surface area (Å²) in [5.74, 6) is 3.07. The molecule has 0 aromatic heterocycles. The Bertz CT molecular complexity index is 531. The fourth-order valence-corrected chi connectivity index (χ4v) is 2.29. The third kappa shape index (κ3) is 9.17. The lowest BCUT2D eigenvalue weighted by Gasteiger charge is -2.21. The van der Waals surface area contributed by atoms with Gasteiger partial charge in [0.1, 0.15) is 17.2 Å². The van der Waals surface area contributed by atoms with Crippen molar-refractivity contribution < 1.29 is 14.2 Å². The summed E-state index contributed by atoms with van der Waals surface area (Å²) in [5.41, 5.74) is 0. The molecule has 0 fully saturated rings. The molecule has 148 valence electrons. The van der Waals surface area contributed by atoms with Crippen LogP contribution in [0.1, 0.15) is 19.3 Å². The predicted molar refractivity (Wildman–Crippen MR) is 118 cm³/mol. The Hall–Kier alpha value is -1.64. The summed E-state index contributed by atoms with van der Waals surface area (Å²) in [6.45, 7) is 6.08. The number of guanidine groups is 1. The number of hydrogen-bond acceptors (Lipinski definition) is 4. The molecule has 0 spiro atoms. The van der Waals surface area contributed by atoms with Crippen molar-refractivity contribution in [1.82, 2.24) is 10.2 Å². The van der Waals surface area contributed by atoms with Crippen molar-refractivity contribution in [1.29, 1.82) is 0 Å². The average Bonchev–Trinajstić information content (AvgIpc) is 2.64. The number of aliphatic imine (C=N–C) groups is 1. The van der Waals surface area contributed by atoms with Crippen LogP contribution >= 0.6 is 24.0 Å². The molecule has 0 aliphatic heterocycles. The van der Waals surface area contributed by atoms with E-state index in [0.717, 1.165) is 44.1 Å². The van der Waals surface area contributed by atoms with Crippen LogP contribution in [0.15, 0.2) is 35.8 Å². The molecule has 1 aromatic carbocycles. The normalized spacial score (nSPS) is 10.5. The third-order valence-electron chi connectivity index (χ3n) is 3.67. The lowest BCUT2D eigenvalue weighted by Crippen LogP contribution is -2.40. The molecule has 0 aliphatic rings. The second kappa shape index (κ2) is 14.5. The molecule has 0 aliphatic carbocycles. The summed E-state index contributed by atoms with van der Waals surface area (Å²) in [6, 6.07) is 5.52. The second-order valence-electron chi connectivity index (χ2n) is 5.58. The van der Waals surface area contributed by atoms with Gasteiger partial charge < -0.3 is 24.4 Å². The number of unbranched alkanes of at least 4 members (excludes halogenated alkanes) is 1. The van der Waals surface area contributed by atoms with Gasteiger partial charge in [0.15, 0.2) is 5.96 Å². The van der Waals surface area contributed by atoms with Crippen molar-refractivity contribution in [2.24, 2.45) is 4.99 Å². The van der Waals surface area contributed by atoms with Gasteiger partial charge in [-0.15, -0.1) is 30.6 Å².